The van der Waals surface area contributed by atoms with E-state index in [1.165, 1.54) is 0 Å². The molecule has 0 fully saturated rings. The molecule has 0 aromatic heterocycles. The van der Waals surface area contributed by atoms with Crippen molar-refractivity contribution in [1.29, 1.82) is 0 Å². The molecule has 0 aliphatic carbocycles. The van der Waals surface area contributed by atoms with Crippen molar-refractivity contribution in [2.45, 2.75) is 20.3 Å². The molecular formula is C9H17F5O2. The Morgan fingerprint density at radius 2 is 1.56 bits per heavy atom. The number of hydrogen-bond acceptors (Lipinski definition) is 2. The minimum Gasteiger partial charge on any atom is -0.435 e. The Morgan fingerprint density at radius 3 is 1.69 bits per heavy atom. The minimum atomic E-state index is -2.65. The first-order valence-electron chi connectivity index (χ1n) is 4.45. The van der Waals surface area contributed by atoms with Gasteiger partial charge in [-0.25, -0.2) is 4.39 Å². The van der Waals surface area contributed by atoms with E-state index in [1.807, 2.05) is 6.92 Å². The number of alkyl halides is 2. The van der Waals surface area contributed by atoms with Crippen LogP contribution in [0.3, 0.4) is 0 Å². The zero-order valence-electron chi connectivity index (χ0n) is 9.53. The second-order valence-corrected chi connectivity index (χ2v) is 1.98. The topological polar surface area (TPSA) is 18.5 Å². The number of halogens is 5. The molecule has 0 aromatic carbocycles. The molecule has 0 aliphatic heterocycles. The second kappa shape index (κ2) is 19.7. The predicted octanol–water partition coefficient (Wildman–Crippen LogP) is 3.98. The van der Waals surface area contributed by atoms with E-state index < -0.39 is 19.0 Å². The van der Waals surface area contributed by atoms with Gasteiger partial charge in [0.2, 0.25) is 6.86 Å². The van der Waals surface area contributed by atoms with Gasteiger partial charge in [-0.3, -0.25) is 4.39 Å². The first kappa shape index (κ1) is 20.5. The summed E-state index contributed by atoms with van der Waals surface area (Å²) in [5, 5.41) is 0. The van der Waals surface area contributed by atoms with Crippen molar-refractivity contribution in [3.63, 3.8) is 0 Å². The van der Waals surface area contributed by atoms with Gasteiger partial charge in [-0.2, -0.15) is 13.2 Å². The molecule has 0 rings (SSSR count). The fraction of sp³-hybridized carbons (Fsp3) is 0.778. The monoisotopic (exact) mass is 252 g/mol. The lowest BCUT2D eigenvalue weighted by atomic mass is 10.5. The SMILES string of the molecule is CCCOCC.CF.FCOC(F)=C(F)F. The Bertz CT molecular complexity index is 145. The van der Waals surface area contributed by atoms with Crippen molar-refractivity contribution in [2.75, 3.05) is 27.3 Å². The Morgan fingerprint density at radius 1 is 1.06 bits per heavy atom. The van der Waals surface area contributed by atoms with Crippen molar-refractivity contribution in [3.8, 4) is 0 Å². The first-order valence-corrected chi connectivity index (χ1v) is 4.45. The van der Waals surface area contributed by atoms with E-state index in [0.717, 1.165) is 19.6 Å². The highest BCUT2D eigenvalue weighted by Crippen LogP contribution is 2.09. The van der Waals surface area contributed by atoms with Crippen molar-refractivity contribution in [1.82, 2.24) is 0 Å². The molecular weight excluding hydrogens is 235 g/mol. The maximum atomic E-state index is 11.2. The molecule has 100 valence electrons. The lowest BCUT2D eigenvalue weighted by Gasteiger charge is -1.91. The first-order chi connectivity index (χ1) is 7.59. The molecule has 16 heavy (non-hydrogen) atoms. The van der Waals surface area contributed by atoms with Gasteiger partial charge in [0.1, 0.15) is 0 Å². The van der Waals surface area contributed by atoms with Crippen molar-refractivity contribution < 1.29 is 31.4 Å². The highest BCUT2D eigenvalue weighted by molar-refractivity contribution is 4.79. The van der Waals surface area contributed by atoms with Gasteiger partial charge in [0, 0.05) is 13.2 Å². The summed E-state index contributed by atoms with van der Waals surface area (Å²) in [6.45, 7) is 4.30. The van der Waals surface area contributed by atoms with Crippen molar-refractivity contribution in [3.05, 3.63) is 12.1 Å². The van der Waals surface area contributed by atoms with E-state index in [2.05, 4.69) is 11.7 Å². The van der Waals surface area contributed by atoms with Gasteiger partial charge in [-0.1, -0.05) is 6.92 Å². The predicted molar refractivity (Wildman–Crippen MR) is 51.2 cm³/mol. The molecule has 0 saturated heterocycles. The van der Waals surface area contributed by atoms with E-state index in [1.54, 1.807) is 0 Å². The normalized spacial score (nSPS) is 8.00. The highest BCUT2D eigenvalue weighted by atomic mass is 19.3. The zero-order chi connectivity index (χ0) is 13.4. The van der Waals surface area contributed by atoms with Gasteiger partial charge in [-0.15, -0.1) is 0 Å². The average molecular weight is 252 g/mol. The van der Waals surface area contributed by atoms with Crippen LogP contribution in [0, 0.1) is 0 Å². The van der Waals surface area contributed by atoms with Gasteiger partial charge in [-0.05, 0) is 13.3 Å². The molecule has 0 heterocycles. The molecule has 0 N–H and O–H groups in total. The van der Waals surface area contributed by atoms with Gasteiger partial charge < -0.3 is 9.47 Å². The van der Waals surface area contributed by atoms with Crippen LogP contribution in [0.25, 0.3) is 0 Å². The van der Waals surface area contributed by atoms with Gasteiger partial charge >= 0.3 is 12.1 Å². The van der Waals surface area contributed by atoms with Gasteiger partial charge in [0.15, 0.2) is 0 Å². The standard InChI is InChI=1S/C5H12O.C3H2F4O.CH3F/c1-3-5-6-4-2;4-1-8-3(7)2(5)6;1-2/h3-5H2,1-2H3;1H2;1H3. The fourth-order valence-electron chi connectivity index (χ4n) is 0.391. The Labute approximate surface area is 92.0 Å². The van der Waals surface area contributed by atoms with E-state index >= 15 is 0 Å². The third kappa shape index (κ3) is 23.2. The molecule has 7 heteroatoms. The van der Waals surface area contributed by atoms with E-state index in [0.29, 0.717) is 7.18 Å². The van der Waals surface area contributed by atoms with Crippen molar-refractivity contribution in [2.24, 2.45) is 0 Å². The molecule has 0 bridgehead atoms. The summed E-state index contributed by atoms with van der Waals surface area (Å²) < 4.78 is 61.2. The summed E-state index contributed by atoms with van der Waals surface area (Å²) in [5.74, 6) is 0. The Balaban J connectivity index is -0.000000188. The zero-order valence-corrected chi connectivity index (χ0v) is 9.53. The summed E-state index contributed by atoms with van der Waals surface area (Å²) >= 11 is 0. The average Bonchev–Trinajstić information content (AvgIpc) is 2.30. The lowest BCUT2D eigenvalue weighted by molar-refractivity contribution is 0.0563. The quantitative estimate of drug-likeness (QED) is 0.418. The van der Waals surface area contributed by atoms with Gasteiger partial charge in [0.25, 0.3) is 0 Å². The minimum absolute atomic E-state index is 0.500. The fourth-order valence-corrected chi connectivity index (χ4v) is 0.391. The van der Waals surface area contributed by atoms with Gasteiger partial charge in [0.05, 0.1) is 7.18 Å². The maximum absolute atomic E-state index is 11.2. The number of ether oxygens (including phenoxy) is 2. The van der Waals surface area contributed by atoms with Crippen LogP contribution in [-0.4, -0.2) is 27.3 Å². The smallest absolute Gasteiger partial charge is 0.342 e. The summed E-state index contributed by atoms with van der Waals surface area (Å²) in [5.41, 5.74) is 0. The van der Waals surface area contributed by atoms with Crippen LogP contribution in [-0.2, 0) is 9.47 Å². The van der Waals surface area contributed by atoms with E-state index in [9.17, 15) is 22.0 Å². The molecule has 0 unspecified atom stereocenters. The van der Waals surface area contributed by atoms with Crippen molar-refractivity contribution >= 4 is 0 Å². The molecule has 0 saturated carbocycles. The summed E-state index contributed by atoms with van der Waals surface area (Å²) in [6.07, 6.45) is -1.52. The molecule has 0 atom stereocenters. The second-order valence-electron chi connectivity index (χ2n) is 1.98. The Kier molecular flexibility index (Phi) is 25.3. The Hall–Kier alpha value is -0.850. The molecule has 0 aromatic rings. The largest absolute Gasteiger partial charge is 0.435 e. The molecule has 2 nitrogen and oxygen atoms in total. The maximum Gasteiger partial charge on any atom is 0.342 e. The number of rotatable bonds is 5. The highest BCUT2D eigenvalue weighted by Gasteiger charge is 2.03. The summed E-state index contributed by atoms with van der Waals surface area (Å²) in [4.78, 5) is 0. The van der Waals surface area contributed by atoms with Crippen LogP contribution in [0.15, 0.2) is 12.1 Å². The van der Waals surface area contributed by atoms with Crippen LogP contribution in [0.2, 0.25) is 0 Å². The summed E-state index contributed by atoms with van der Waals surface area (Å²) in [7, 11) is 0.500. The third-order valence-electron chi connectivity index (χ3n) is 0.882. The molecule has 0 amide bonds. The van der Waals surface area contributed by atoms with Crippen LogP contribution >= 0.6 is 0 Å². The van der Waals surface area contributed by atoms with Crippen LogP contribution in [0.1, 0.15) is 20.3 Å². The molecule has 0 spiro atoms. The van der Waals surface area contributed by atoms with E-state index in [-0.39, 0.29) is 0 Å². The number of hydrogen-bond donors (Lipinski definition) is 0. The van der Waals surface area contributed by atoms with Crippen LogP contribution in [0.5, 0.6) is 0 Å². The van der Waals surface area contributed by atoms with Crippen LogP contribution in [0.4, 0.5) is 22.0 Å². The molecule has 0 radical (unpaired) electrons. The molecule has 0 aliphatic rings. The summed E-state index contributed by atoms with van der Waals surface area (Å²) in [6, 6.07) is -2.16. The van der Waals surface area contributed by atoms with E-state index in [4.69, 9.17) is 4.74 Å². The third-order valence-corrected chi connectivity index (χ3v) is 0.882. The lowest BCUT2D eigenvalue weighted by Crippen LogP contribution is -1.88. The van der Waals surface area contributed by atoms with Crippen LogP contribution < -0.4 is 0 Å².